The minimum Gasteiger partial charge on any atom is -0.487 e. The lowest BCUT2D eigenvalue weighted by molar-refractivity contribution is -0.124. The second-order valence-electron chi connectivity index (χ2n) is 6.45. The molecule has 1 aromatic heterocycles. The van der Waals surface area contributed by atoms with Crippen molar-refractivity contribution in [3.8, 4) is 5.75 Å². The van der Waals surface area contributed by atoms with Crippen LogP contribution < -0.4 is 10.1 Å². The fourth-order valence-corrected chi connectivity index (χ4v) is 2.70. The Morgan fingerprint density at radius 2 is 1.93 bits per heavy atom. The van der Waals surface area contributed by atoms with Crippen molar-refractivity contribution in [2.75, 3.05) is 6.54 Å². The fraction of sp³-hybridized carbons (Fsp3) is 0.286. The normalized spacial score (nSPS) is 11.8. The second kappa shape index (κ2) is 9.64. The molecule has 0 fully saturated rings. The number of nitrogens with one attached hydrogen (secondary N) is 1. The smallest absolute Gasteiger partial charge is 0.244 e. The average Bonchev–Trinajstić information content (AvgIpc) is 3.20. The van der Waals surface area contributed by atoms with E-state index in [2.05, 4.69) is 15.6 Å². The van der Waals surface area contributed by atoms with Gasteiger partial charge in [-0.3, -0.25) is 4.79 Å². The van der Waals surface area contributed by atoms with E-state index in [9.17, 15) is 9.18 Å². The number of amides is 1. The number of carbonyl (C=O) groups excluding carboxylic acids is 1. The number of ether oxygens (including phenoxy) is 1. The maximum absolute atomic E-state index is 13.6. The Balaban J connectivity index is 1.43. The zero-order chi connectivity index (χ0) is 19.8. The van der Waals surface area contributed by atoms with Crippen LogP contribution in [0.5, 0.6) is 5.75 Å². The molecule has 0 spiro atoms. The van der Waals surface area contributed by atoms with Crippen LogP contribution in [0.1, 0.15) is 30.6 Å². The maximum atomic E-state index is 13.6. The topological polar surface area (TPSA) is 69.0 Å². The highest BCUT2D eigenvalue weighted by atomic mass is 19.1. The third-order valence-electron chi connectivity index (χ3n) is 4.34. The molecule has 0 saturated heterocycles. The Labute approximate surface area is 163 Å². The molecule has 0 saturated carbocycles. The van der Waals surface area contributed by atoms with Crippen LogP contribution in [0.2, 0.25) is 0 Å². The Morgan fingerprint density at radius 1 is 1.18 bits per heavy atom. The van der Waals surface area contributed by atoms with Crippen molar-refractivity contribution in [2.24, 2.45) is 0 Å². The summed E-state index contributed by atoms with van der Waals surface area (Å²) < 4.78 is 20.7. The van der Waals surface area contributed by atoms with Crippen LogP contribution in [0.25, 0.3) is 0 Å². The lowest BCUT2D eigenvalue weighted by Crippen LogP contribution is -2.32. The molecule has 2 aromatic carbocycles. The van der Waals surface area contributed by atoms with Gasteiger partial charge in [-0.1, -0.05) is 41.6 Å². The summed E-state index contributed by atoms with van der Waals surface area (Å²) in [6, 6.07) is 15.6. The predicted octanol–water partition coefficient (Wildman–Crippen LogP) is 3.31. The predicted molar refractivity (Wildman–Crippen MR) is 103 cm³/mol. The molecule has 28 heavy (non-hydrogen) atoms. The monoisotopic (exact) mass is 382 g/mol. The molecule has 6 nitrogen and oxygen atoms in total. The van der Waals surface area contributed by atoms with Gasteiger partial charge in [0, 0.05) is 6.54 Å². The van der Waals surface area contributed by atoms with Crippen LogP contribution in [-0.2, 0) is 17.8 Å². The molecule has 1 N–H and O–H groups in total. The summed E-state index contributed by atoms with van der Waals surface area (Å²) in [6.07, 6.45) is 2.94. The average molecular weight is 382 g/mol. The second-order valence-corrected chi connectivity index (χ2v) is 6.45. The third-order valence-corrected chi connectivity index (χ3v) is 4.34. The summed E-state index contributed by atoms with van der Waals surface area (Å²) in [5, 5.41) is 10.9. The molecule has 0 aliphatic heterocycles. The molecule has 1 heterocycles. The van der Waals surface area contributed by atoms with E-state index in [0.29, 0.717) is 30.6 Å². The zero-order valence-corrected chi connectivity index (χ0v) is 15.7. The molecular formula is C21H23FN4O2. The van der Waals surface area contributed by atoms with Gasteiger partial charge in [-0.2, -0.15) is 0 Å². The van der Waals surface area contributed by atoms with Gasteiger partial charge in [0.2, 0.25) is 5.91 Å². The minimum absolute atomic E-state index is 0.158. The first kappa shape index (κ1) is 19.5. The van der Waals surface area contributed by atoms with Crippen molar-refractivity contribution in [1.82, 2.24) is 20.3 Å². The Hall–Kier alpha value is -3.22. The number of benzene rings is 2. The number of aromatic nitrogens is 3. The van der Waals surface area contributed by atoms with Crippen LogP contribution in [0.3, 0.4) is 0 Å². The summed E-state index contributed by atoms with van der Waals surface area (Å²) >= 11 is 0. The lowest BCUT2D eigenvalue weighted by Gasteiger charge is -2.12. The summed E-state index contributed by atoms with van der Waals surface area (Å²) in [6.45, 7) is 2.50. The number of nitrogens with zero attached hydrogens (tertiary/aromatic N) is 3. The van der Waals surface area contributed by atoms with Gasteiger partial charge in [-0.25, -0.2) is 9.07 Å². The number of aryl methyl sites for hydroxylation is 1. The van der Waals surface area contributed by atoms with E-state index < -0.39 is 6.04 Å². The number of hydrogen-bond donors (Lipinski definition) is 1. The van der Waals surface area contributed by atoms with E-state index in [1.54, 1.807) is 25.3 Å². The van der Waals surface area contributed by atoms with Gasteiger partial charge in [-0.05, 0) is 43.5 Å². The molecule has 0 bridgehead atoms. The van der Waals surface area contributed by atoms with Crippen molar-refractivity contribution in [3.05, 3.63) is 77.9 Å². The number of halogens is 1. The highest BCUT2D eigenvalue weighted by Gasteiger charge is 2.16. The Morgan fingerprint density at radius 3 is 2.71 bits per heavy atom. The maximum Gasteiger partial charge on any atom is 0.244 e. The van der Waals surface area contributed by atoms with Crippen LogP contribution >= 0.6 is 0 Å². The van der Waals surface area contributed by atoms with Gasteiger partial charge in [0.25, 0.3) is 0 Å². The van der Waals surface area contributed by atoms with Crippen LogP contribution in [-0.4, -0.2) is 27.4 Å². The van der Waals surface area contributed by atoms with Crippen LogP contribution in [0.15, 0.2) is 60.8 Å². The van der Waals surface area contributed by atoms with E-state index >= 15 is 0 Å². The van der Waals surface area contributed by atoms with Gasteiger partial charge in [-0.15, -0.1) is 5.10 Å². The van der Waals surface area contributed by atoms with Crippen molar-refractivity contribution >= 4 is 5.91 Å². The van der Waals surface area contributed by atoms with E-state index in [1.807, 2.05) is 36.4 Å². The van der Waals surface area contributed by atoms with Gasteiger partial charge in [0.1, 0.15) is 29.9 Å². The zero-order valence-electron chi connectivity index (χ0n) is 15.7. The molecule has 3 aromatic rings. The molecule has 0 aliphatic rings. The third kappa shape index (κ3) is 5.39. The highest BCUT2D eigenvalue weighted by Crippen LogP contribution is 2.12. The van der Waals surface area contributed by atoms with E-state index in [0.717, 1.165) is 5.75 Å². The number of hydrogen-bond acceptors (Lipinski definition) is 4. The first-order chi connectivity index (χ1) is 13.6. The molecular weight excluding hydrogens is 359 g/mol. The van der Waals surface area contributed by atoms with Crippen LogP contribution in [0, 0.1) is 5.82 Å². The van der Waals surface area contributed by atoms with Crippen molar-refractivity contribution in [2.45, 2.75) is 32.4 Å². The standard InChI is InChI=1S/C21H23FN4O2/c1-16(21(27)23-13-7-9-17-8-5-6-12-20(17)22)26-14-18(24-25-26)15-28-19-10-3-2-4-11-19/h2-6,8,10-12,14,16H,7,9,13,15H2,1H3,(H,23,27)/t16-/m0/s1. The molecule has 1 amide bonds. The number of para-hydroxylation sites is 1. The van der Waals surface area contributed by atoms with Crippen molar-refractivity contribution in [3.63, 3.8) is 0 Å². The minimum atomic E-state index is -0.494. The largest absolute Gasteiger partial charge is 0.487 e. The molecule has 0 unspecified atom stereocenters. The van der Waals surface area contributed by atoms with E-state index in [-0.39, 0.29) is 18.3 Å². The first-order valence-corrected chi connectivity index (χ1v) is 9.23. The summed E-state index contributed by atoms with van der Waals surface area (Å²) in [5.41, 5.74) is 1.30. The fourth-order valence-electron chi connectivity index (χ4n) is 2.70. The van der Waals surface area contributed by atoms with Gasteiger partial charge < -0.3 is 10.1 Å². The lowest BCUT2D eigenvalue weighted by atomic mass is 10.1. The Kier molecular flexibility index (Phi) is 6.73. The van der Waals surface area contributed by atoms with Crippen molar-refractivity contribution in [1.29, 1.82) is 0 Å². The quantitative estimate of drug-likeness (QED) is 0.577. The summed E-state index contributed by atoms with van der Waals surface area (Å²) in [7, 11) is 0. The first-order valence-electron chi connectivity index (χ1n) is 9.23. The molecule has 1 atom stereocenters. The van der Waals surface area contributed by atoms with Gasteiger partial charge in [0.05, 0.1) is 6.20 Å². The molecule has 146 valence electrons. The highest BCUT2D eigenvalue weighted by molar-refractivity contribution is 5.79. The molecule has 7 heteroatoms. The number of rotatable bonds is 9. The van der Waals surface area contributed by atoms with E-state index in [1.165, 1.54) is 10.7 Å². The summed E-state index contributed by atoms with van der Waals surface area (Å²) in [5.74, 6) is 0.377. The molecule has 3 rings (SSSR count). The SMILES string of the molecule is C[C@@H](C(=O)NCCCc1ccccc1F)n1cc(COc2ccccc2)nn1. The van der Waals surface area contributed by atoms with Crippen LogP contribution in [0.4, 0.5) is 4.39 Å². The van der Waals surface area contributed by atoms with Gasteiger partial charge in [0.15, 0.2) is 0 Å². The van der Waals surface area contributed by atoms with Gasteiger partial charge >= 0.3 is 0 Å². The summed E-state index contributed by atoms with van der Waals surface area (Å²) in [4.78, 5) is 12.3. The Bertz CT molecular complexity index is 898. The number of carbonyl (C=O) groups is 1. The van der Waals surface area contributed by atoms with E-state index in [4.69, 9.17) is 4.74 Å². The molecule has 0 aliphatic carbocycles. The van der Waals surface area contributed by atoms with Crippen molar-refractivity contribution < 1.29 is 13.9 Å². The molecule has 0 radical (unpaired) electrons.